The van der Waals surface area contributed by atoms with E-state index >= 15 is 0 Å². The fourth-order valence-corrected chi connectivity index (χ4v) is 4.58. The lowest BCUT2D eigenvalue weighted by Gasteiger charge is -2.34. The van der Waals surface area contributed by atoms with Crippen LogP contribution in [0.3, 0.4) is 0 Å². The number of nitrogens with one attached hydrogen (secondary N) is 1. The van der Waals surface area contributed by atoms with Crippen LogP contribution in [0, 0.1) is 0 Å². The predicted molar refractivity (Wildman–Crippen MR) is 134 cm³/mol. The second-order valence-corrected chi connectivity index (χ2v) is 9.34. The molecule has 2 amide bonds. The first-order valence-corrected chi connectivity index (χ1v) is 12.8. The molecule has 0 aromatic heterocycles. The van der Waals surface area contributed by atoms with Crippen LogP contribution in [0.15, 0.2) is 53.0 Å². The van der Waals surface area contributed by atoms with Crippen LogP contribution in [-0.2, 0) is 19.1 Å². The third-order valence-electron chi connectivity index (χ3n) is 5.94. The highest BCUT2D eigenvalue weighted by molar-refractivity contribution is 9.10. The maximum atomic E-state index is 13.3. The number of carbonyl (C=O) groups excluding carboxylic acids is 3. The fourth-order valence-electron chi connectivity index (χ4n) is 4.08. The average molecular weight is 561 g/mol. The van der Waals surface area contributed by atoms with Gasteiger partial charge in [0.1, 0.15) is 37.4 Å². The zero-order valence-corrected chi connectivity index (χ0v) is 21.4. The Bertz CT molecular complexity index is 1060. The van der Waals surface area contributed by atoms with Crippen molar-refractivity contribution in [3.63, 3.8) is 0 Å². The van der Waals surface area contributed by atoms with Crippen LogP contribution in [0.4, 0.5) is 0 Å². The lowest BCUT2D eigenvalue weighted by atomic mass is 10.1. The third kappa shape index (κ3) is 6.98. The van der Waals surface area contributed by atoms with Crippen molar-refractivity contribution in [2.24, 2.45) is 0 Å². The standard InChI is InChI=1S/C26H29BrN2O7/c27-21-15-18(8-9-23(21)36-17-20-7-4-12-33-20)26(32)29-11-10-28-25(31)22(29)16-24(30)35-14-13-34-19-5-2-1-3-6-19/h1-3,5-6,8-9,15,20,22H,4,7,10-14,16-17H2,(H,28,31). The van der Waals surface area contributed by atoms with Crippen LogP contribution in [-0.4, -0.2) is 74.3 Å². The molecule has 2 aromatic carbocycles. The molecule has 2 aromatic rings. The molecule has 10 heteroatoms. The summed E-state index contributed by atoms with van der Waals surface area (Å²) < 4.78 is 22.8. The van der Waals surface area contributed by atoms with E-state index in [2.05, 4.69) is 21.2 Å². The number of hydrogen-bond donors (Lipinski definition) is 1. The van der Waals surface area contributed by atoms with E-state index in [-0.39, 0.29) is 44.1 Å². The van der Waals surface area contributed by atoms with Crippen LogP contribution in [0.1, 0.15) is 29.6 Å². The molecule has 2 saturated heterocycles. The van der Waals surface area contributed by atoms with E-state index in [0.29, 0.717) is 34.7 Å². The number of esters is 1. The Morgan fingerprint density at radius 1 is 1.11 bits per heavy atom. The number of ether oxygens (including phenoxy) is 4. The summed E-state index contributed by atoms with van der Waals surface area (Å²) in [5, 5.41) is 2.72. The molecule has 0 aliphatic carbocycles. The minimum atomic E-state index is -0.956. The predicted octanol–water partition coefficient (Wildman–Crippen LogP) is 2.96. The number of amides is 2. The Morgan fingerprint density at radius 2 is 1.94 bits per heavy atom. The van der Waals surface area contributed by atoms with E-state index in [0.717, 1.165) is 19.4 Å². The fraction of sp³-hybridized carbons (Fsp3) is 0.423. The summed E-state index contributed by atoms with van der Waals surface area (Å²) >= 11 is 3.47. The van der Waals surface area contributed by atoms with Crippen molar-refractivity contribution in [3.05, 3.63) is 58.6 Å². The van der Waals surface area contributed by atoms with E-state index in [4.69, 9.17) is 18.9 Å². The summed E-state index contributed by atoms with van der Waals surface area (Å²) in [4.78, 5) is 39.7. The van der Waals surface area contributed by atoms with Crippen LogP contribution >= 0.6 is 15.9 Å². The molecule has 2 atom stereocenters. The molecule has 1 N–H and O–H groups in total. The molecule has 0 radical (unpaired) electrons. The Labute approximate surface area is 218 Å². The molecular weight excluding hydrogens is 532 g/mol. The zero-order valence-electron chi connectivity index (χ0n) is 19.8. The average Bonchev–Trinajstić information content (AvgIpc) is 3.41. The van der Waals surface area contributed by atoms with Gasteiger partial charge >= 0.3 is 5.97 Å². The summed E-state index contributed by atoms with van der Waals surface area (Å²) in [6.45, 7) is 2.02. The maximum Gasteiger partial charge on any atom is 0.308 e. The van der Waals surface area contributed by atoms with Crippen molar-refractivity contribution in [1.82, 2.24) is 10.2 Å². The third-order valence-corrected chi connectivity index (χ3v) is 6.56. The second kappa shape index (κ2) is 12.7. The van der Waals surface area contributed by atoms with Crippen LogP contribution < -0.4 is 14.8 Å². The summed E-state index contributed by atoms with van der Waals surface area (Å²) in [6, 6.07) is 13.3. The van der Waals surface area contributed by atoms with Crippen molar-refractivity contribution >= 4 is 33.7 Å². The molecule has 2 unspecified atom stereocenters. The second-order valence-electron chi connectivity index (χ2n) is 8.48. The molecule has 0 bridgehead atoms. The van der Waals surface area contributed by atoms with Gasteiger partial charge in [-0.3, -0.25) is 14.4 Å². The van der Waals surface area contributed by atoms with Gasteiger partial charge in [-0.2, -0.15) is 0 Å². The van der Waals surface area contributed by atoms with Gasteiger partial charge in [0, 0.05) is 25.3 Å². The highest BCUT2D eigenvalue weighted by Crippen LogP contribution is 2.28. The Hall–Kier alpha value is -3.11. The number of carbonyl (C=O) groups is 3. The summed E-state index contributed by atoms with van der Waals surface area (Å²) in [6.07, 6.45) is 1.83. The molecular formula is C26H29BrN2O7. The smallest absolute Gasteiger partial charge is 0.308 e. The van der Waals surface area contributed by atoms with E-state index in [1.54, 1.807) is 30.3 Å². The highest BCUT2D eigenvalue weighted by atomic mass is 79.9. The van der Waals surface area contributed by atoms with Crippen LogP contribution in [0.5, 0.6) is 11.5 Å². The Balaban J connectivity index is 1.32. The van der Waals surface area contributed by atoms with Gasteiger partial charge in [0.05, 0.1) is 17.0 Å². The summed E-state index contributed by atoms with van der Waals surface area (Å²) in [5.41, 5.74) is 0.385. The van der Waals surface area contributed by atoms with Crippen molar-refractivity contribution in [1.29, 1.82) is 0 Å². The van der Waals surface area contributed by atoms with E-state index in [1.807, 2.05) is 18.2 Å². The van der Waals surface area contributed by atoms with Crippen molar-refractivity contribution in [3.8, 4) is 11.5 Å². The van der Waals surface area contributed by atoms with Gasteiger partial charge in [-0.25, -0.2) is 0 Å². The van der Waals surface area contributed by atoms with Gasteiger partial charge in [-0.15, -0.1) is 0 Å². The summed E-state index contributed by atoms with van der Waals surface area (Å²) in [5.74, 6) is -0.0302. The van der Waals surface area contributed by atoms with Crippen LogP contribution in [0.2, 0.25) is 0 Å². The molecule has 2 aliphatic heterocycles. The van der Waals surface area contributed by atoms with Gasteiger partial charge in [-0.1, -0.05) is 18.2 Å². The van der Waals surface area contributed by atoms with Crippen molar-refractivity contribution in [2.75, 3.05) is 39.5 Å². The number of halogens is 1. The zero-order chi connectivity index (χ0) is 25.3. The molecule has 0 saturated carbocycles. The lowest BCUT2D eigenvalue weighted by Crippen LogP contribution is -2.57. The van der Waals surface area contributed by atoms with Gasteiger partial charge < -0.3 is 29.2 Å². The largest absolute Gasteiger partial charge is 0.490 e. The Kier molecular flexibility index (Phi) is 9.18. The first-order chi connectivity index (χ1) is 17.5. The normalized spacial score (nSPS) is 19.5. The Morgan fingerprint density at radius 3 is 2.69 bits per heavy atom. The molecule has 2 aliphatic rings. The lowest BCUT2D eigenvalue weighted by molar-refractivity contribution is -0.148. The number of rotatable bonds is 10. The van der Waals surface area contributed by atoms with Gasteiger partial charge in [0.2, 0.25) is 5.91 Å². The van der Waals surface area contributed by atoms with Gasteiger partial charge in [-0.05, 0) is 59.1 Å². The number of nitrogens with zero attached hydrogens (tertiary/aromatic N) is 1. The minimum absolute atomic E-state index is 0.0380. The molecule has 36 heavy (non-hydrogen) atoms. The molecule has 9 nitrogen and oxygen atoms in total. The van der Waals surface area contributed by atoms with Gasteiger partial charge in [0.25, 0.3) is 5.91 Å². The van der Waals surface area contributed by atoms with Gasteiger partial charge in [0.15, 0.2) is 0 Å². The number of para-hydroxylation sites is 1. The quantitative estimate of drug-likeness (QED) is 0.352. The summed E-state index contributed by atoms with van der Waals surface area (Å²) in [7, 11) is 0. The molecule has 4 rings (SSSR count). The monoisotopic (exact) mass is 560 g/mol. The SMILES string of the molecule is O=C(CC1C(=O)NCCN1C(=O)c1ccc(OCC2CCCO2)c(Br)c1)OCCOc1ccccc1. The van der Waals surface area contributed by atoms with Crippen molar-refractivity contribution < 1.29 is 33.3 Å². The highest BCUT2D eigenvalue weighted by Gasteiger charge is 2.35. The maximum absolute atomic E-state index is 13.3. The van der Waals surface area contributed by atoms with Crippen LogP contribution in [0.25, 0.3) is 0 Å². The number of benzene rings is 2. The first-order valence-electron chi connectivity index (χ1n) is 12.0. The minimum Gasteiger partial charge on any atom is -0.490 e. The number of hydrogen-bond acceptors (Lipinski definition) is 7. The topological polar surface area (TPSA) is 103 Å². The van der Waals surface area contributed by atoms with E-state index in [9.17, 15) is 14.4 Å². The number of piperazine rings is 1. The van der Waals surface area contributed by atoms with Crippen molar-refractivity contribution in [2.45, 2.75) is 31.4 Å². The first kappa shape index (κ1) is 26.0. The molecule has 192 valence electrons. The van der Waals surface area contributed by atoms with E-state index in [1.165, 1.54) is 4.90 Å². The van der Waals surface area contributed by atoms with E-state index < -0.39 is 12.0 Å². The molecule has 2 heterocycles. The molecule has 2 fully saturated rings. The molecule has 0 spiro atoms.